The van der Waals surface area contributed by atoms with Crippen LogP contribution in [0, 0.1) is 0 Å². The van der Waals surface area contributed by atoms with Crippen LogP contribution in [-0.4, -0.2) is 33.3 Å². The third-order valence-electron chi connectivity index (χ3n) is 3.75. The van der Waals surface area contributed by atoms with Gasteiger partial charge in [-0.05, 0) is 25.1 Å². The van der Waals surface area contributed by atoms with Gasteiger partial charge in [0.2, 0.25) is 5.91 Å². The number of hydrogen-bond acceptors (Lipinski definition) is 5. The van der Waals surface area contributed by atoms with Gasteiger partial charge in [0.05, 0.1) is 16.0 Å². The monoisotopic (exact) mass is 372 g/mol. The van der Waals surface area contributed by atoms with E-state index in [4.69, 9.17) is 11.6 Å². The van der Waals surface area contributed by atoms with Crippen molar-refractivity contribution in [3.05, 3.63) is 59.8 Å². The number of fused-ring (bicyclic) bond motifs is 1. The molecule has 7 heteroatoms. The van der Waals surface area contributed by atoms with E-state index >= 15 is 0 Å². The Bertz CT molecular complexity index is 850. The molecule has 0 fully saturated rings. The van der Waals surface area contributed by atoms with Crippen molar-refractivity contribution in [1.82, 2.24) is 9.88 Å². The molecule has 1 unspecified atom stereocenters. The van der Waals surface area contributed by atoms with Crippen LogP contribution in [0.15, 0.2) is 54.2 Å². The lowest BCUT2D eigenvalue weighted by molar-refractivity contribution is -0.115. The van der Waals surface area contributed by atoms with Crippen molar-refractivity contribution in [3.63, 3.8) is 0 Å². The van der Waals surface area contributed by atoms with Crippen LogP contribution in [0.2, 0.25) is 5.02 Å². The minimum atomic E-state index is -0.350. The number of hydrogen-bond donors (Lipinski definition) is 1. The number of aliphatic imine (C=N–C) groups is 1. The van der Waals surface area contributed by atoms with Gasteiger partial charge < -0.3 is 10.2 Å². The predicted molar refractivity (Wildman–Crippen MR) is 105 cm³/mol. The fourth-order valence-electron chi connectivity index (χ4n) is 2.28. The van der Waals surface area contributed by atoms with Gasteiger partial charge in [0.1, 0.15) is 5.82 Å². The lowest BCUT2D eigenvalue weighted by atomic mass is 10.1. The lowest BCUT2D eigenvalue weighted by Crippen LogP contribution is -2.30. The van der Waals surface area contributed by atoms with E-state index in [1.807, 2.05) is 43.1 Å². The standard InChI is InChI=1S/C18H17ClN4OS/c1-11-14-6-4-5-7-15(14)21-18(23(11)3)25-12(2)17(24)22-16-9-8-13(19)10-20-16/h4-10,12H,1H2,2-3H3,(H,20,22,24). The molecule has 0 saturated carbocycles. The molecular formula is C18H17ClN4OS. The normalized spacial score (nSPS) is 14.6. The van der Waals surface area contributed by atoms with Crippen molar-refractivity contribution >= 4 is 51.6 Å². The maximum absolute atomic E-state index is 12.4. The molecule has 1 aromatic heterocycles. The van der Waals surface area contributed by atoms with Crippen LogP contribution in [0.5, 0.6) is 0 Å². The average molecular weight is 373 g/mol. The second-order valence-corrected chi connectivity index (χ2v) is 7.27. The van der Waals surface area contributed by atoms with Crippen LogP contribution in [0.4, 0.5) is 11.5 Å². The molecule has 1 aromatic carbocycles. The van der Waals surface area contributed by atoms with Crippen LogP contribution >= 0.6 is 23.4 Å². The summed E-state index contributed by atoms with van der Waals surface area (Å²) in [4.78, 5) is 23.0. The first-order chi connectivity index (χ1) is 12.0. The summed E-state index contributed by atoms with van der Waals surface area (Å²) in [5.41, 5.74) is 2.72. The smallest absolute Gasteiger partial charge is 0.238 e. The van der Waals surface area contributed by atoms with E-state index in [-0.39, 0.29) is 11.2 Å². The number of thioether (sulfide) groups is 1. The van der Waals surface area contributed by atoms with Crippen molar-refractivity contribution in [2.24, 2.45) is 4.99 Å². The first kappa shape index (κ1) is 17.5. The summed E-state index contributed by atoms with van der Waals surface area (Å²) >= 11 is 7.18. The summed E-state index contributed by atoms with van der Waals surface area (Å²) in [5.74, 6) is 0.316. The van der Waals surface area contributed by atoms with Gasteiger partial charge in [-0.3, -0.25) is 4.79 Å². The van der Waals surface area contributed by atoms with Crippen molar-refractivity contribution in [3.8, 4) is 0 Å². The summed E-state index contributed by atoms with van der Waals surface area (Å²) in [5, 5.41) is 3.68. The zero-order valence-corrected chi connectivity index (χ0v) is 15.4. The maximum Gasteiger partial charge on any atom is 0.238 e. The number of carbonyl (C=O) groups is 1. The number of pyridine rings is 1. The lowest BCUT2D eigenvalue weighted by Gasteiger charge is -2.29. The molecular weight excluding hydrogens is 356 g/mol. The second kappa shape index (κ2) is 7.29. The third kappa shape index (κ3) is 3.86. The van der Waals surface area contributed by atoms with E-state index in [1.54, 1.807) is 12.1 Å². The first-order valence-corrected chi connectivity index (χ1v) is 8.91. The van der Waals surface area contributed by atoms with Crippen LogP contribution in [0.1, 0.15) is 12.5 Å². The predicted octanol–water partition coefficient (Wildman–Crippen LogP) is 4.40. The highest BCUT2D eigenvalue weighted by molar-refractivity contribution is 8.14. The second-order valence-electron chi connectivity index (χ2n) is 5.53. The van der Waals surface area contributed by atoms with E-state index in [0.29, 0.717) is 10.8 Å². The van der Waals surface area contributed by atoms with Crippen LogP contribution < -0.4 is 5.32 Å². The number of rotatable bonds is 3. The van der Waals surface area contributed by atoms with Gasteiger partial charge in [-0.25, -0.2) is 9.98 Å². The highest BCUT2D eigenvalue weighted by Gasteiger charge is 2.25. The number of amides is 1. The Morgan fingerprint density at radius 2 is 2.08 bits per heavy atom. The summed E-state index contributed by atoms with van der Waals surface area (Å²) in [6.07, 6.45) is 1.49. The number of nitrogens with one attached hydrogen (secondary N) is 1. The largest absolute Gasteiger partial charge is 0.324 e. The molecule has 2 heterocycles. The van der Waals surface area contributed by atoms with E-state index in [1.165, 1.54) is 18.0 Å². The number of carbonyl (C=O) groups excluding carboxylic acids is 1. The van der Waals surface area contributed by atoms with E-state index < -0.39 is 0 Å². The Morgan fingerprint density at radius 3 is 2.80 bits per heavy atom. The van der Waals surface area contributed by atoms with Crippen LogP contribution in [0.3, 0.4) is 0 Å². The number of amidine groups is 1. The molecule has 1 aliphatic heterocycles. The number of aromatic nitrogens is 1. The van der Waals surface area contributed by atoms with E-state index in [9.17, 15) is 4.79 Å². The fraction of sp³-hybridized carbons (Fsp3) is 0.167. The Morgan fingerprint density at radius 1 is 1.32 bits per heavy atom. The number of nitrogens with zero attached hydrogens (tertiary/aromatic N) is 3. The Balaban J connectivity index is 1.73. The Labute approximate surface area is 155 Å². The van der Waals surface area contributed by atoms with Gasteiger partial charge in [0.15, 0.2) is 5.17 Å². The molecule has 2 aromatic rings. The molecule has 0 aliphatic carbocycles. The van der Waals surface area contributed by atoms with Crippen molar-refractivity contribution in [2.75, 3.05) is 12.4 Å². The van der Waals surface area contributed by atoms with Crippen molar-refractivity contribution in [1.29, 1.82) is 0 Å². The molecule has 1 atom stereocenters. The summed E-state index contributed by atoms with van der Waals surface area (Å²) in [6, 6.07) is 11.2. The van der Waals surface area contributed by atoms with Gasteiger partial charge >= 0.3 is 0 Å². The fourth-order valence-corrected chi connectivity index (χ4v) is 3.30. The molecule has 1 N–H and O–H groups in total. The molecule has 0 bridgehead atoms. The number of halogens is 1. The van der Waals surface area contributed by atoms with Gasteiger partial charge in [0.25, 0.3) is 0 Å². The van der Waals surface area contributed by atoms with Crippen molar-refractivity contribution in [2.45, 2.75) is 12.2 Å². The first-order valence-electron chi connectivity index (χ1n) is 7.65. The summed E-state index contributed by atoms with van der Waals surface area (Å²) in [6.45, 7) is 5.95. The average Bonchev–Trinajstić information content (AvgIpc) is 2.61. The minimum absolute atomic E-state index is 0.152. The highest BCUT2D eigenvalue weighted by atomic mass is 35.5. The molecule has 25 heavy (non-hydrogen) atoms. The molecule has 0 saturated heterocycles. The van der Waals surface area contributed by atoms with Gasteiger partial charge in [0, 0.05) is 24.5 Å². The SMILES string of the molecule is C=C1c2ccccc2N=C(SC(C)C(=O)Nc2ccc(Cl)cn2)N1C. The quantitative estimate of drug-likeness (QED) is 0.867. The molecule has 1 amide bonds. The number of benzene rings is 1. The molecule has 0 radical (unpaired) electrons. The van der Waals surface area contributed by atoms with E-state index in [0.717, 1.165) is 22.1 Å². The van der Waals surface area contributed by atoms with E-state index in [2.05, 4.69) is 21.9 Å². The summed E-state index contributed by atoms with van der Waals surface area (Å²) < 4.78 is 0. The van der Waals surface area contributed by atoms with Crippen LogP contribution in [0.25, 0.3) is 5.70 Å². The number of anilines is 1. The van der Waals surface area contributed by atoms with Crippen LogP contribution in [-0.2, 0) is 4.79 Å². The Hall–Kier alpha value is -2.31. The maximum atomic E-state index is 12.4. The zero-order valence-electron chi connectivity index (χ0n) is 13.9. The third-order valence-corrected chi connectivity index (χ3v) is 5.12. The van der Waals surface area contributed by atoms with Crippen molar-refractivity contribution < 1.29 is 4.79 Å². The summed E-state index contributed by atoms with van der Waals surface area (Å²) in [7, 11) is 1.90. The minimum Gasteiger partial charge on any atom is -0.324 e. The molecule has 128 valence electrons. The topological polar surface area (TPSA) is 57.6 Å². The molecule has 3 rings (SSSR count). The van der Waals surface area contributed by atoms with Gasteiger partial charge in [-0.2, -0.15) is 0 Å². The molecule has 5 nitrogen and oxygen atoms in total. The molecule has 1 aliphatic rings. The molecule has 0 spiro atoms. The van der Waals surface area contributed by atoms with Gasteiger partial charge in [-0.1, -0.05) is 48.1 Å². The zero-order chi connectivity index (χ0) is 18.0. The highest BCUT2D eigenvalue weighted by Crippen LogP contribution is 2.35. The van der Waals surface area contributed by atoms with Gasteiger partial charge in [-0.15, -0.1) is 0 Å². The Kier molecular flexibility index (Phi) is 5.11. The number of para-hydroxylation sites is 1.